The van der Waals surface area contributed by atoms with Gasteiger partial charge in [0.15, 0.2) is 0 Å². The highest BCUT2D eigenvalue weighted by atomic mass is 16.3. The lowest BCUT2D eigenvalue weighted by Gasteiger charge is -2.32. The smallest absolute Gasteiger partial charge is 0.258 e. The number of benzene rings is 1. The summed E-state index contributed by atoms with van der Waals surface area (Å²) in [5.41, 5.74) is 1.19. The van der Waals surface area contributed by atoms with E-state index in [9.17, 15) is 9.59 Å². The summed E-state index contributed by atoms with van der Waals surface area (Å²) in [5.74, 6) is -0.278. The number of rotatable bonds is 1. The third kappa shape index (κ3) is 1.87. The van der Waals surface area contributed by atoms with Gasteiger partial charge in [-0.2, -0.15) is 0 Å². The van der Waals surface area contributed by atoms with Crippen molar-refractivity contribution in [2.75, 3.05) is 13.1 Å². The van der Waals surface area contributed by atoms with Gasteiger partial charge in [-0.15, -0.1) is 0 Å². The van der Waals surface area contributed by atoms with E-state index in [4.69, 9.17) is 4.42 Å². The van der Waals surface area contributed by atoms with Gasteiger partial charge in [0.05, 0.1) is 5.56 Å². The summed E-state index contributed by atoms with van der Waals surface area (Å²) in [6.45, 7) is 2.74. The Hall–Kier alpha value is -2.30. The Labute approximate surface area is 110 Å². The summed E-state index contributed by atoms with van der Waals surface area (Å²) in [4.78, 5) is 25.7. The van der Waals surface area contributed by atoms with E-state index in [-0.39, 0.29) is 11.8 Å². The molecule has 0 bridgehead atoms. The van der Waals surface area contributed by atoms with Crippen molar-refractivity contribution >= 4 is 22.8 Å². The lowest BCUT2D eigenvalue weighted by molar-refractivity contribution is -0.127. The van der Waals surface area contributed by atoms with E-state index in [0.29, 0.717) is 24.2 Å². The molecule has 1 aliphatic heterocycles. The second kappa shape index (κ2) is 4.42. The molecule has 1 saturated heterocycles. The van der Waals surface area contributed by atoms with E-state index in [1.807, 2.05) is 24.3 Å². The standard InChI is InChI=1S/C14H14N2O3/c1-9-13(17)15-6-7-16(9)14(18)11-8-19-12-5-3-2-4-10(11)12/h2-5,8-9H,6-7H2,1H3,(H,15,17). The lowest BCUT2D eigenvalue weighted by Crippen LogP contribution is -2.55. The predicted molar refractivity (Wildman–Crippen MR) is 69.7 cm³/mol. The summed E-state index contributed by atoms with van der Waals surface area (Å²) < 4.78 is 5.38. The summed E-state index contributed by atoms with van der Waals surface area (Å²) in [7, 11) is 0. The number of amides is 2. The van der Waals surface area contributed by atoms with Gasteiger partial charge in [-0.3, -0.25) is 9.59 Å². The van der Waals surface area contributed by atoms with Gasteiger partial charge in [-0.05, 0) is 13.0 Å². The first-order chi connectivity index (χ1) is 9.18. The molecular formula is C14H14N2O3. The Morgan fingerprint density at radius 1 is 1.42 bits per heavy atom. The lowest BCUT2D eigenvalue weighted by atomic mass is 10.1. The van der Waals surface area contributed by atoms with E-state index >= 15 is 0 Å². The van der Waals surface area contributed by atoms with Gasteiger partial charge in [-0.25, -0.2) is 0 Å². The highest BCUT2D eigenvalue weighted by molar-refractivity contribution is 6.07. The van der Waals surface area contributed by atoms with Gasteiger partial charge in [0.2, 0.25) is 5.91 Å². The zero-order valence-corrected chi connectivity index (χ0v) is 10.6. The molecular weight excluding hydrogens is 244 g/mol. The molecule has 5 nitrogen and oxygen atoms in total. The third-order valence-electron chi connectivity index (χ3n) is 3.47. The van der Waals surface area contributed by atoms with Crippen LogP contribution < -0.4 is 5.32 Å². The van der Waals surface area contributed by atoms with Gasteiger partial charge in [0.1, 0.15) is 17.9 Å². The third-order valence-corrected chi connectivity index (χ3v) is 3.47. The van der Waals surface area contributed by atoms with Crippen molar-refractivity contribution in [3.05, 3.63) is 36.1 Å². The van der Waals surface area contributed by atoms with Crippen molar-refractivity contribution in [3.8, 4) is 0 Å². The summed E-state index contributed by atoms with van der Waals surface area (Å²) >= 11 is 0. The van der Waals surface area contributed by atoms with E-state index in [0.717, 1.165) is 5.39 Å². The van der Waals surface area contributed by atoms with Gasteiger partial charge in [0, 0.05) is 18.5 Å². The van der Waals surface area contributed by atoms with E-state index in [2.05, 4.69) is 5.32 Å². The summed E-state index contributed by atoms with van der Waals surface area (Å²) in [5, 5.41) is 3.53. The van der Waals surface area contributed by atoms with Crippen LogP contribution in [-0.4, -0.2) is 35.8 Å². The van der Waals surface area contributed by atoms with Crippen molar-refractivity contribution in [1.82, 2.24) is 10.2 Å². The molecule has 5 heteroatoms. The molecule has 0 spiro atoms. The van der Waals surface area contributed by atoms with Gasteiger partial charge < -0.3 is 14.6 Å². The number of carbonyl (C=O) groups is 2. The van der Waals surface area contributed by atoms with Crippen LogP contribution in [0.15, 0.2) is 34.9 Å². The van der Waals surface area contributed by atoms with Crippen LogP contribution >= 0.6 is 0 Å². The van der Waals surface area contributed by atoms with Crippen molar-refractivity contribution in [2.45, 2.75) is 13.0 Å². The van der Waals surface area contributed by atoms with Gasteiger partial charge >= 0.3 is 0 Å². The quantitative estimate of drug-likeness (QED) is 0.840. The van der Waals surface area contributed by atoms with Crippen molar-refractivity contribution in [2.24, 2.45) is 0 Å². The van der Waals surface area contributed by atoms with Crippen LogP contribution in [0.1, 0.15) is 17.3 Å². The number of carbonyl (C=O) groups excluding carboxylic acids is 2. The van der Waals surface area contributed by atoms with E-state index in [1.165, 1.54) is 6.26 Å². The van der Waals surface area contributed by atoms with Crippen LogP contribution in [0.3, 0.4) is 0 Å². The van der Waals surface area contributed by atoms with E-state index < -0.39 is 6.04 Å². The van der Waals surface area contributed by atoms with Crippen LogP contribution in [-0.2, 0) is 4.79 Å². The van der Waals surface area contributed by atoms with Crippen LogP contribution in [0.25, 0.3) is 11.0 Å². The van der Waals surface area contributed by atoms with Crippen LogP contribution in [0.2, 0.25) is 0 Å². The normalized spacial score (nSPS) is 19.5. The molecule has 0 saturated carbocycles. The van der Waals surface area contributed by atoms with Crippen LogP contribution in [0, 0.1) is 0 Å². The van der Waals surface area contributed by atoms with Crippen LogP contribution in [0.5, 0.6) is 0 Å². The second-order valence-electron chi connectivity index (χ2n) is 4.61. The molecule has 3 rings (SSSR count). The minimum absolute atomic E-state index is 0.118. The predicted octanol–water partition coefficient (Wildman–Crippen LogP) is 1.39. The molecule has 1 unspecified atom stereocenters. The molecule has 1 atom stereocenters. The Morgan fingerprint density at radius 3 is 3.05 bits per heavy atom. The Morgan fingerprint density at radius 2 is 2.21 bits per heavy atom. The molecule has 2 amide bonds. The molecule has 1 aromatic carbocycles. The Balaban J connectivity index is 1.97. The van der Waals surface area contributed by atoms with Gasteiger partial charge in [-0.1, -0.05) is 18.2 Å². The number of furan rings is 1. The number of fused-ring (bicyclic) bond motifs is 1. The average Bonchev–Trinajstić information content (AvgIpc) is 2.85. The SMILES string of the molecule is CC1C(=O)NCCN1C(=O)c1coc2ccccc12. The fourth-order valence-electron chi connectivity index (χ4n) is 2.36. The number of hydrogen-bond acceptors (Lipinski definition) is 3. The summed E-state index contributed by atoms with van der Waals surface area (Å²) in [6.07, 6.45) is 1.46. The number of hydrogen-bond donors (Lipinski definition) is 1. The first-order valence-corrected chi connectivity index (χ1v) is 6.23. The van der Waals surface area contributed by atoms with Crippen molar-refractivity contribution in [1.29, 1.82) is 0 Å². The zero-order valence-electron chi connectivity index (χ0n) is 10.6. The molecule has 19 heavy (non-hydrogen) atoms. The molecule has 2 heterocycles. The minimum atomic E-state index is -0.449. The van der Waals surface area contributed by atoms with Gasteiger partial charge in [0.25, 0.3) is 5.91 Å². The fraction of sp³-hybridized carbons (Fsp3) is 0.286. The number of piperazine rings is 1. The minimum Gasteiger partial charge on any atom is -0.463 e. The molecule has 1 fully saturated rings. The largest absolute Gasteiger partial charge is 0.463 e. The fourth-order valence-corrected chi connectivity index (χ4v) is 2.36. The van der Waals surface area contributed by atoms with Crippen molar-refractivity contribution < 1.29 is 14.0 Å². The highest BCUT2D eigenvalue weighted by Gasteiger charge is 2.31. The average molecular weight is 258 g/mol. The maximum Gasteiger partial charge on any atom is 0.258 e. The molecule has 1 N–H and O–H groups in total. The molecule has 0 aliphatic carbocycles. The molecule has 98 valence electrons. The number of para-hydroxylation sites is 1. The monoisotopic (exact) mass is 258 g/mol. The Bertz CT molecular complexity index is 647. The van der Waals surface area contributed by atoms with E-state index in [1.54, 1.807) is 11.8 Å². The first-order valence-electron chi connectivity index (χ1n) is 6.23. The molecule has 0 radical (unpaired) electrons. The molecule has 2 aromatic rings. The van der Waals surface area contributed by atoms with Crippen LogP contribution in [0.4, 0.5) is 0 Å². The molecule has 1 aromatic heterocycles. The Kier molecular flexibility index (Phi) is 2.74. The zero-order chi connectivity index (χ0) is 13.4. The maximum atomic E-state index is 12.5. The second-order valence-corrected chi connectivity index (χ2v) is 4.61. The summed E-state index contributed by atoms with van der Waals surface area (Å²) in [6, 6.07) is 6.94. The first kappa shape index (κ1) is 11.8. The molecule has 1 aliphatic rings. The number of nitrogens with one attached hydrogen (secondary N) is 1. The number of nitrogens with zero attached hydrogens (tertiary/aromatic N) is 1. The van der Waals surface area contributed by atoms with Crippen molar-refractivity contribution in [3.63, 3.8) is 0 Å². The maximum absolute atomic E-state index is 12.5. The highest BCUT2D eigenvalue weighted by Crippen LogP contribution is 2.23. The topological polar surface area (TPSA) is 62.6 Å².